The van der Waals surface area contributed by atoms with E-state index in [0.29, 0.717) is 0 Å². The van der Waals surface area contributed by atoms with Crippen molar-refractivity contribution >= 4 is 0 Å². The largest absolute Gasteiger partial charge is 0.388 e. The van der Waals surface area contributed by atoms with Gasteiger partial charge in [-0.15, -0.1) is 0 Å². The highest BCUT2D eigenvalue weighted by Gasteiger charge is 2.07. The Morgan fingerprint density at radius 2 is 1.92 bits per heavy atom. The summed E-state index contributed by atoms with van der Waals surface area (Å²) in [6, 6.07) is 8.08. The van der Waals surface area contributed by atoms with Gasteiger partial charge in [0.15, 0.2) is 0 Å². The molecule has 0 amide bonds. The summed E-state index contributed by atoms with van der Waals surface area (Å²) in [6.45, 7) is 4.11. The molecule has 0 aliphatic rings. The van der Waals surface area contributed by atoms with Gasteiger partial charge in [0, 0.05) is 0 Å². The van der Waals surface area contributed by atoms with Crippen LogP contribution in [-0.4, -0.2) is 5.11 Å². The molecule has 0 fully saturated rings. The van der Waals surface area contributed by atoms with Crippen molar-refractivity contribution in [1.82, 2.24) is 0 Å². The second-order valence-corrected chi connectivity index (χ2v) is 2.98. The number of hydrogen-bond donors (Lipinski definition) is 1. The molecular weight excluding hydrogens is 148 g/mol. The first-order valence-corrected chi connectivity index (χ1v) is 4.55. The third-order valence-corrected chi connectivity index (χ3v) is 2.18. The maximum atomic E-state index is 9.64. The predicted octanol–water partition coefficient (Wildman–Crippen LogP) is 2.69. The van der Waals surface area contributed by atoms with E-state index in [2.05, 4.69) is 13.0 Å². The van der Waals surface area contributed by atoms with Crippen molar-refractivity contribution < 1.29 is 5.11 Å². The maximum Gasteiger partial charge on any atom is 0.0790 e. The van der Waals surface area contributed by atoms with Gasteiger partial charge >= 0.3 is 0 Å². The highest BCUT2D eigenvalue weighted by molar-refractivity contribution is 5.28. The third-order valence-electron chi connectivity index (χ3n) is 2.18. The van der Waals surface area contributed by atoms with Crippen LogP contribution in [0.5, 0.6) is 0 Å². The van der Waals surface area contributed by atoms with Crippen LogP contribution >= 0.6 is 0 Å². The van der Waals surface area contributed by atoms with Crippen LogP contribution in [0.3, 0.4) is 0 Å². The first-order chi connectivity index (χ1) is 5.79. The Kier molecular flexibility index (Phi) is 3.30. The van der Waals surface area contributed by atoms with E-state index in [1.165, 1.54) is 5.56 Å². The summed E-state index contributed by atoms with van der Waals surface area (Å²) in [4.78, 5) is 0. The number of rotatable bonds is 3. The molecule has 1 atom stereocenters. The molecule has 1 aromatic carbocycles. The molecule has 1 unspecified atom stereocenters. The molecule has 0 saturated heterocycles. The molecule has 1 nitrogen and oxygen atoms in total. The molecule has 1 aromatic rings. The van der Waals surface area contributed by atoms with Gasteiger partial charge in [-0.25, -0.2) is 0 Å². The molecule has 1 heteroatoms. The Hall–Kier alpha value is -0.820. The summed E-state index contributed by atoms with van der Waals surface area (Å²) in [5.74, 6) is 0. The highest BCUT2D eigenvalue weighted by atomic mass is 16.3. The average molecular weight is 164 g/mol. The molecule has 0 bridgehead atoms. The summed E-state index contributed by atoms with van der Waals surface area (Å²) < 4.78 is 0. The third kappa shape index (κ3) is 1.86. The maximum absolute atomic E-state index is 9.64. The van der Waals surface area contributed by atoms with Crippen molar-refractivity contribution in [3.8, 4) is 0 Å². The van der Waals surface area contributed by atoms with Crippen molar-refractivity contribution in [2.45, 2.75) is 32.8 Å². The standard InChI is InChI=1S/C11H16O/c1-3-9-7-5-6-8-10(9)11(12)4-2/h5-8,11-12H,3-4H2,1-2H3. The van der Waals surface area contributed by atoms with Crippen LogP contribution in [-0.2, 0) is 6.42 Å². The van der Waals surface area contributed by atoms with Gasteiger partial charge < -0.3 is 5.11 Å². The molecule has 12 heavy (non-hydrogen) atoms. The Labute approximate surface area is 74.1 Å². The summed E-state index contributed by atoms with van der Waals surface area (Å²) in [5, 5.41) is 9.64. The van der Waals surface area contributed by atoms with E-state index in [-0.39, 0.29) is 6.10 Å². The number of benzene rings is 1. The van der Waals surface area contributed by atoms with Crippen molar-refractivity contribution in [3.63, 3.8) is 0 Å². The van der Waals surface area contributed by atoms with Gasteiger partial charge in [-0.2, -0.15) is 0 Å². The quantitative estimate of drug-likeness (QED) is 0.728. The fourth-order valence-corrected chi connectivity index (χ4v) is 1.40. The van der Waals surface area contributed by atoms with Gasteiger partial charge in [-0.3, -0.25) is 0 Å². The van der Waals surface area contributed by atoms with Crippen molar-refractivity contribution in [2.24, 2.45) is 0 Å². The zero-order valence-corrected chi connectivity index (χ0v) is 7.75. The molecule has 0 radical (unpaired) electrons. The minimum atomic E-state index is -0.291. The monoisotopic (exact) mass is 164 g/mol. The normalized spacial score (nSPS) is 12.9. The lowest BCUT2D eigenvalue weighted by Gasteiger charge is -2.12. The Morgan fingerprint density at radius 3 is 2.50 bits per heavy atom. The zero-order valence-electron chi connectivity index (χ0n) is 7.75. The van der Waals surface area contributed by atoms with Crippen LogP contribution in [0.15, 0.2) is 24.3 Å². The molecule has 0 heterocycles. The van der Waals surface area contributed by atoms with Crippen LogP contribution in [0.1, 0.15) is 37.5 Å². The minimum Gasteiger partial charge on any atom is -0.388 e. The molecule has 1 rings (SSSR count). The van der Waals surface area contributed by atoms with Crippen molar-refractivity contribution in [2.75, 3.05) is 0 Å². The van der Waals surface area contributed by atoms with Crippen molar-refractivity contribution in [1.29, 1.82) is 0 Å². The number of aliphatic hydroxyl groups excluding tert-OH is 1. The molecule has 0 aliphatic carbocycles. The van der Waals surface area contributed by atoms with Crippen LogP contribution in [0.2, 0.25) is 0 Å². The van der Waals surface area contributed by atoms with Gasteiger partial charge in [0.2, 0.25) is 0 Å². The average Bonchev–Trinajstić information content (AvgIpc) is 2.16. The van der Waals surface area contributed by atoms with E-state index >= 15 is 0 Å². The highest BCUT2D eigenvalue weighted by Crippen LogP contribution is 2.20. The topological polar surface area (TPSA) is 20.2 Å². The first kappa shape index (κ1) is 9.27. The molecule has 66 valence electrons. The van der Waals surface area contributed by atoms with Gasteiger partial charge in [0.25, 0.3) is 0 Å². The fraction of sp³-hybridized carbons (Fsp3) is 0.455. The van der Waals surface area contributed by atoms with Gasteiger partial charge in [-0.1, -0.05) is 38.1 Å². The van der Waals surface area contributed by atoms with Crippen molar-refractivity contribution in [3.05, 3.63) is 35.4 Å². The van der Waals surface area contributed by atoms with E-state index < -0.39 is 0 Å². The molecular formula is C11H16O. The Bertz CT molecular complexity index is 243. The molecule has 0 aromatic heterocycles. The Balaban J connectivity index is 2.96. The first-order valence-electron chi connectivity index (χ1n) is 4.55. The van der Waals surface area contributed by atoms with Gasteiger partial charge in [-0.05, 0) is 24.0 Å². The van der Waals surface area contributed by atoms with Crippen LogP contribution in [0, 0.1) is 0 Å². The number of hydrogen-bond acceptors (Lipinski definition) is 1. The Morgan fingerprint density at radius 1 is 1.25 bits per heavy atom. The van der Waals surface area contributed by atoms with E-state index in [4.69, 9.17) is 0 Å². The van der Waals surface area contributed by atoms with Gasteiger partial charge in [0.1, 0.15) is 0 Å². The number of aryl methyl sites for hydroxylation is 1. The second kappa shape index (κ2) is 4.27. The van der Waals surface area contributed by atoms with Crippen LogP contribution < -0.4 is 0 Å². The minimum absolute atomic E-state index is 0.291. The van der Waals surface area contributed by atoms with E-state index in [1.54, 1.807) is 0 Å². The van der Waals surface area contributed by atoms with E-state index in [9.17, 15) is 5.11 Å². The zero-order chi connectivity index (χ0) is 8.97. The lowest BCUT2D eigenvalue weighted by Crippen LogP contribution is -1.99. The number of aliphatic hydroxyl groups is 1. The summed E-state index contributed by atoms with van der Waals surface area (Å²) in [6.07, 6.45) is 1.49. The van der Waals surface area contributed by atoms with Crippen LogP contribution in [0.4, 0.5) is 0 Å². The lowest BCUT2D eigenvalue weighted by molar-refractivity contribution is 0.172. The van der Waals surface area contributed by atoms with Crippen LogP contribution in [0.25, 0.3) is 0 Å². The van der Waals surface area contributed by atoms with Gasteiger partial charge in [0.05, 0.1) is 6.10 Å². The predicted molar refractivity (Wildman–Crippen MR) is 51.1 cm³/mol. The smallest absolute Gasteiger partial charge is 0.0790 e. The fourth-order valence-electron chi connectivity index (χ4n) is 1.40. The molecule has 0 aliphatic heterocycles. The summed E-state index contributed by atoms with van der Waals surface area (Å²) in [7, 11) is 0. The van der Waals surface area contributed by atoms with E-state index in [1.807, 2.05) is 25.1 Å². The second-order valence-electron chi connectivity index (χ2n) is 2.98. The lowest BCUT2D eigenvalue weighted by atomic mass is 9.99. The molecule has 1 N–H and O–H groups in total. The summed E-state index contributed by atoms with van der Waals surface area (Å²) >= 11 is 0. The SMILES string of the molecule is CCc1ccccc1C(O)CC. The summed E-state index contributed by atoms with van der Waals surface area (Å²) in [5.41, 5.74) is 2.34. The molecule has 0 spiro atoms. The molecule has 0 saturated carbocycles. The van der Waals surface area contributed by atoms with E-state index in [0.717, 1.165) is 18.4 Å².